The van der Waals surface area contributed by atoms with Gasteiger partial charge in [0, 0.05) is 52.2 Å². The third kappa shape index (κ3) is 6.02. The zero-order chi connectivity index (χ0) is 19.6. The maximum atomic E-state index is 12.8. The van der Waals surface area contributed by atoms with E-state index in [1.165, 1.54) is 12.1 Å². The molecule has 0 aliphatic carbocycles. The predicted octanol–water partition coefficient (Wildman–Crippen LogP) is 1.81. The van der Waals surface area contributed by atoms with Gasteiger partial charge in [0.1, 0.15) is 0 Å². The molecule has 0 radical (unpaired) electrons. The first-order valence-electron chi connectivity index (χ1n) is 8.80. The van der Waals surface area contributed by atoms with Crippen LogP contribution in [0.2, 0.25) is 0 Å². The van der Waals surface area contributed by atoms with E-state index in [-0.39, 0.29) is 11.1 Å². The van der Waals surface area contributed by atoms with Crippen molar-refractivity contribution in [2.24, 2.45) is 0 Å². The molecular weight excluding hydrogens is 348 g/mol. The SMILES string of the molecule is COCCN(CCOC)CCn1cccc(-c2ccc(C(=O)O)cc2)c1=O. The van der Waals surface area contributed by atoms with Crippen LogP contribution in [0.1, 0.15) is 10.4 Å². The van der Waals surface area contributed by atoms with Gasteiger partial charge in [0.15, 0.2) is 0 Å². The molecule has 1 N–H and O–H groups in total. The van der Waals surface area contributed by atoms with E-state index in [0.717, 1.165) is 13.1 Å². The Bertz CT molecular complexity index is 778. The molecule has 1 aromatic carbocycles. The lowest BCUT2D eigenvalue weighted by Gasteiger charge is -2.22. The maximum absolute atomic E-state index is 12.8. The lowest BCUT2D eigenvalue weighted by atomic mass is 10.1. The van der Waals surface area contributed by atoms with Crippen molar-refractivity contribution >= 4 is 5.97 Å². The number of nitrogens with zero attached hydrogens (tertiary/aromatic N) is 2. The largest absolute Gasteiger partial charge is 0.478 e. The first-order chi connectivity index (χ1) is 13.1. The molecule has 0 bridgehead atoms. The van der Waals surface area contributed by atoms with Crippen LogP contribution in [0, 0.1) is 0 Å². The van der Waals surface area contributed by atoms with Crippen molar-refractivity contribution in [3.05, 3.63) is 58.5 Å². The number of methoxy groups -OCH3 is 2. The summed E-state index contributed by atoms with van der Waals surface area (Å²) in [6, 6.07) is 9.91. The molecule has 2 rings (SSSR count). The zero-order valence-electron chi connectivity index (χ0n) is 15.8. The molecule has 0 fully saturated rings. The molecule has 7 heteroatoms. The summed E-state index contributed by atoms with van der Waals surface area (Å²) in [5, 5.41) is 9.00. The fourth-order valence-corrected chi connectivity index (χ4v) is 2.75. The smallest absolute Gasteiger partial charge is 0.335 e. The summed E-state index contributed by atoms with van der Waals surface area (Å²) in [6.07, 6.45) is 1.77. The second kappa shape index (κ2) is 10.6. The standard InChI is InChI=1S/C20H26N2O5/c1-26-14-12-21(13-15-27-2)10-11-22-9-3-4-18(19(22)23)16-5-7-17(8-6-16)20(24)25/h3-9H,10-15H2,1-2H3,(H,24,25). The second-order valence-electron chi connectivity index (χ2n) is 6.13. The fraction of sp³-hybridized carbons (Fsp3) is 0.400. The number of pyridine rings is 1. The molecular formula is C20H26N2O5. The van der Waals surface area contributed by atoms with Crippen LogP contribution in [0.5, 0.6) is 0 Å². The van der Waals surface area contributed by atoms with Gasteiger partial charge in [-0.3, -0.25) is 9.69 Å². The first kappa shape index (κ1) is 20.8. The van der Waals surface area contributed by atoms with E-state index >= 15 is 0 Å². The van der Waals surface area contributed by atoms with Crippen LogP contribution in [0.15, 0.2) is 47.4 Å². The monoisotopic (exact) mass is 374 g/mol. The number of carbonyl (C=O) groups is 1. The van der Waals surface area contributed by atoms with Gasteiger partial charge in [-0.2, -0.15) is 0 Å². The highest BCUT2D eigenvalue weighted by Gasteiger charge is 2.10. The predicted molar refractivity (Wildman–Crippen MR) is 103 cm³/mol. The van der Waals surface area contributed by atoms with Gasteiger partial charge in [0.05, 0.1) is 18.8 Å². The number of hydrogen-bond acceptors (Lipinski definition) is 5. The van der Waals surface area contributed by atoms with Gasteiger partial charge in [-0.25, -0.2) is 4.79 Å². The van der Waals surface area contributed by atoms with Crippen molar-refractivity contribution < 1.29 is 19.4 Å². The van der Waals surface area contributed by atoms with E-state index in [0.29, 0.717) is 37.4 Å². The van der Waals surface area contributed by atoms with Crippen molar-refractivity contribution in [1.29, 1.82) is 0 Å². The Morgan fingerprint density at radius 2 is 1.67 bits per heavy atom. The Balaban J connectivity index is 2.13. The van der Waals surface area contributed by atoms with Crippen molar-refractivity contribution in [2.45, 2.75) is 6.54 Å². The Kier molecular flexibility index (Phi) is 8.19. The van der Waals surface area contributed by atoms with Crippen LogP contribution in [0.3, 0.4) is 0 Å². The van der Waals surface area contributed by atoms with Gasteiger partial charge in [-0.1, -0.05) is 12.1 Å². The van der Waals surface area contributed by atoms with E-state index < -0.39 is 5.97 Å². The molecule has 2 aromatic rings. The highest BCUT2D eigenvalue weighted by molar-refractivity contribution is 5.88. The molecule has 1 aromatic heterocycles. The van der Waals surface area contributed by atoms with Gasteiger partial charge >= 0.3 is 5.97 Å². The third-order valence-corrected chi connectivity index (χ3v) is 4.34. The van der Waals surface area contributed by atoms with Crippen molar-refractivity contribution in [1.82, 2.24) is 9.47 Å². The number of carboxylic acids is 1. The van der Waals surface area contributed by atoms with E-state index in [2.05, 4.69) is 4.90 Å². The summed E-state index contributed by atoms with van der Waals surface area (Å²) in [4.78, 5) is 26.0. The van der Waals surface area contributed by atoms with Crippen LogP contribution in [-0.4, -0.2) is 67.6 Å². The summed E-state index contributed by atoms with van der Waals surface area (Å²) in [6.45, 7) is 4.03. The van der Waals surface area contributed by atoms with Gasteiger partial charge in [-0.05, 0) is 29.8 Å². The Hall–Kier alpha value is -2.48. The van der Waals surface area contributed by atoms with E-state index in [1.54, 1.807) is 43.2 Å². The molecule has 1 heterocycles. The van der Waals surface area contributed by atoms with Crippen LogP contribution in [0.25, 0.3) is 11.1 Å². The molecule has 0 saturated heterocycles. The van der Waals surface area contributed by atoms with Crippen molar-refractivity contribution in [3.8, 4) is 11.1 Å². The second-order valence-corrected chi connectivity index (χ2v) is 6.13. The van der Waals surface area contributed by atoms with Crippen LogP contribution >= 0.6 is 0 Å². The fourth-order valence-electron chi connectivity index (χ4n) is 2.75. The number of rotatable bonds is 11. The molecule has 27 heavy (non-hydrogen) atoms. The van der Waals surface area contributed by atoms with Crippen LogP contribution in [0.4, 0.5) is 0 Å². The van der Waals surface area contributed by atoms with Crippen LogP contribution < -0.4 is 5.56 Å². The number of aromatic carboxylic acids is 1. The van der Waals surface area contributed by atoms with Gasteiger partial charge in [0.25, 0.3) is 5.56 Å². The lowest BCUT2D eigenvalue weighted by molar-refractivity contribution is 0.0697. The normalized spacial score (nSPS) is 11.1. The number of carboxylic acid groups (broad SMARTS) is 1. The lowest BCUT2D eigenvalue weighted by Crippen LogP contribution is -2.35. The highest BCUT2D eigenvalue weighted by atomic mass is 16.5. The van der Waals surface area contributed by atoms with Gasteiger partial charge < -0.3 is 19.1 Å². The Labute approximate surface area is 158 Å². The quantitative estimate of drug-likeness (QED) is 0.646. The molecule has 146 valence electrons. The number of ether oxygens (including phenoxy) is 2. The molecule has 0 atom stereocenters. The highest BCUT2D eigenvalue weighted by Crippen LogP contribution is 2.16. The molecule has 7 nitrogen and oxygen atoms in total. The molecule has 0 unspecified atom stereocenters. The van der Waals surface area contributed by atoms with E-state index in [1.807, 2.05) is 6.07 Å². The molecule has 0 spiro atoms. The van der Waals surface area contributed by atoms with Crippen molar-refractivity contribution in [2.75, 3.05) is 47.1 Å². The molecule has 0 saturated carbocycles. The molecule has 0 aliphatic heterocycles. The maximum Gasteiger partial charge on any atom is 0.335 e. The summed E-state index contributed by atoms with van der Waals surface area (Å²) in [7, 11) is 3.33. The molecule has 0 amide bonds. The minimum atomic E-state index is -0.987. The van der Waals surface area contributed by atoms with E-state index in [4.69, 9.17) is 14.6 Å². The van der Waals surface area contributed by atoms with Crippen molar-refractivity contribution in [3.63, 3.8) is 0 Å². The van der Waals surface area contributed by atoms with Crippen LogP contribution in [-0.2, 0) is 16.0 Å². The van der Waals surface area contributed by atoms with E-state index in [9.17, 15) is 9.59 Å². The summed E-state index contributed by atoms with van der Waals surface area (Å²) in [5.41, 5.74) is 1.35. The average Bonchev–Trinajstić information content (AvgIpc) is 2.68. The number of aromatic nitrogens is 1. The minimum absolute atomic E-state index is 0.0981. The average molecular weight is 374 g/mol. The summed E-state index contributed by atoms with van der Waals surface area (Å²) in [5.74, 6) is -0.987. The van der Waals surface area contributed by atoms with Gasteiger partial charge in [0.2, 0.25) is 0 Å². The topological polar surface area (TPSA) is 81.0 Å². The summed E-state index contributed by atoms with van der Waals surface area (Å²) < 4.78 is 12.0. The zero-order valence-corrected chi connectivity index (χ0v) is 15.8. The molecule has 0 aliphatic rings. The number of benzene rings is 1. The minimum Gasteiger partial charge on any atom is -0.478 e. The first-order valence-corrected chi connectivity index (χ1v) is 8.80. The van der Waals surface area contributed by atoms with Gasteiger partial charge in [-0.15, -0.1) is 0 Å². The number of hydrogen-bond donors (Lipinski definition) is 1. The third-order valence-electron chi connectivity index (χ3n) is 4.34. The Morgan fingerprint density at radius 3 is 2.22 bits per heavy atom. The summed E-state index contributed by atoms with van der Waals surface area (Å²) >= 11 is 0. The Morgan fingerprint density at radius 1 is 1.04 bits per heavy atom.